The fourth-order valence-electron chi connectivity index (χ4n) is 5.01. The summed E-state index contributed by atoms with van der Waals surface area (Å²) in [7, 11) is 0. The topological polar surface area (TPSA) is 79.3 Å². The number of carbonyl (C=O) groups excluding carboxylic acids is 2. The molecule has 172 valence electrons. The average Bonchev–Trinajstić information content (AvgIpc) is 3.04. The smallest absolute Gasteiger partial charge is 0.251 e. The van der Waals surface area contributed by atoms with E-state index in [4.69, 9.17) is 11.6 Å². The van der Waals surface area contributed by atoms with E-state index in [0.717, 1.165) is 12.2 Å². The average molecular weight is 458 g/mol. The van der Waals surface area contributed by atoms with Crippen LogP contribution in [-0.2, 0) is 11.3 Å². The molecule has 0 bridgehead atoms. The van der Waals surface area contributed by atoms with Crippen LogP contribution in [0.5, 0.6) is 0 Å². The van der Waals surface area contributed by atoms with E-state index in [9.17, 15) is 9.59 Å². The molecule has 2 amide bonds. The highest BCUT2D eigenvalue weighted by Gasteiger charge is 2.32. The second kappa shape index (κ2) is 10.0. The number of aromatic nitrogens is 2. The van der Waals surface area contributed by atoms with Crippen LogP contribution in [0.1, 0.15) is 53.8 Å². The molecular weight excluding hydrogens is 426 g/mol. The number of halogens is 1. The van der Waals surface area contributed by atoms with Crippen LogP contribution in [0.25, 0.3) is 0 Å². The molecule has 2 fully saturated rings. The Kier molecular flexibility index (Phi) is 7.16. The van der Waals surface area contributed by atoms with Gasteiger partial charge in [0, 0.05) is 23.8 Å². The molecule has 0 saturated carbocycles. The highest BCUT2D eigenvalue weighted by atomic mass is 35.5. The number of fused-ring (bicyclic) bond motifs is 1. The van der Waals surface area contributed by atoms with Crippen molar-refractivity contribution in [2.75, 3.05) is 25.0 Å². The Morgan fingerprint density at radius 2 is 1.84 bits per heavy atom. The minimum absolute atomic E-state index is 0.0620. The Hall–Kier alpha value is -2.38. The van der Waals surface area contributed by atoms with Crippen molar-refractivity contribution in [3.63, 3.8) is 0 Å². The molecule has 2 aromatic rings. The maximum atomic E-state index is 12.7. The van der Waals surface area contributed by atoms with Gasteiger partial charge in [-0.25, -0.2) is 0 Å². The number of rotatable bonds is 6. The molecule has 1 aromatic carbocycles. The third kappa shape index (κ3) is 5.15. The predicted octanol–water partition coefficient (Wildman–Crippen LogP) is 3.79. The molecule has 3 heterocycles. The lowest BCUT2D eigenvalue weighted by molar-refractivity contribution is -0.116. The third-order valence-electron chi connectivity index (χ3n) is 6.77. The van der Waals surface area contributed by atoms with E-state index < -0.39 is 0 Å². The molecule has 2 aliphatic heterocycles. The first kappa shape index (κ1) is 22.8. The zero-order chi connectivity index (χ0) is 22.7. The molecule has 2 atom stereocenters. The van der Waals surface area contributed by atoms with Gasteiger partial charge >= 0.3 is 0 Å². The lowest BCUT2D eigenvalue weighted by Gasteiger charge is -2.44. The number of amides is 2. The number of aryl methyl sites for hydroxylation is 1. The van der Waals surface area contributed by atoms with Crippen LogP contribution in [0.15, 0.2) is 24.3 Å². The second-order valence-corrected chi connectivity index (χ2v) is 9.36. The Morgan fingerprint density at radius 3 is 2.56 bits per heavy atom. The molecule has 2 saturated heterocycles. The highest BCUT2D eigenvalue weighted by Crippen LogP contribution is 2.30. The van der Waals surface area contributed by atoms with Gasteiger partial charge in [-0.05, 0) is 82.8 Å². The Labute approximate surface area is 194 Å². The van der Waals surface area contributed by atoms with E-state index in [1.165, 1.54) is 45.2 Å². The summed E-state index contributed by atoms with van der Waals surface area (Å²) in [6, 6.07) is 7.62. The summed E-state index contributed by atoms with van der Waals surface area (Å²) in [6.07, 6.45) is 6.25. The van der Waals surface area contributed by atoms with Crippen molar-refractivity contribution in [1.29, 1.82) is 0 Å². The van der Waals surface area contributed by atoms with E-state index >= 15 is 0 Å². The predicted molar refractivity (Wildman–Crippen MR) is 126 cm³/mol. The number of hydrogen-bond donors (Lipinski definition) is 2. The molecule has 2 aliphatic rings. The van der Waals surface area contributed by atoms with E-state index in [1.807, 2.05) is 13.8 Å². The number of benzene rings is 1. The van der Waals surface area contributed by atoms with Crippen molar-refractivity contribution in [1.82, 2.24) is 20.0 Å². The fourth-order valence-corrected chi connectivity index (χ4v) is 5.15. The van der Waals surface area contributed by atoms with Crippen molar-refractivity contribution < 1.29 is 9.59 Å². The number of piperidine rings is 2. The normalized spacial score (nSPS) is 21.1. The Balaban J connectivity index is 1.28. The zero-order valence-electron chi connectivity index (χ0n) is 18.9. The molecule has 8 heteroatoms. The van der Waals surface area contributed by atoms with Gasteiger partial charge in [-0.3, -0.25) is 14.3 Å². The molecule has 4 rings (SSSR count). The van der Waals surface area contributed by atoms with Crippen molar-refractivity contribution in [2.24, 2.45) is 5.92 Å². The highest BCUT2D eigenvalue weighted by molar-refractivity contribution is 6.31. The summed E-state index contributed by atoms with van der Waals surface area (Å²) in [6.45, 7) is 6.86. The van der Waals surface area contributed by atoms with Crippen molar-refractivity contribution in [3.8, 4) is 0 Å². The SMILES string of the molecule is Cc1nn(CC(=O)Nc2ccc(C(=O)NC[C@H]3CCCN4CCCC[C@H]34)cc2)c(C)c1Cl. The number of hydrogen-bond acceptors (Lipinski definition) is 4. The standard InChI is InChI=1S/C24H32ClN5O2/c1-16-23(25)17(2)30(28-16)15-22(31)27-20-10-8-18(9-11-20)24(32)26-14-19-6-5-13-29-12-4-3-7-21(19)29/h8-11,19,21H,3-7,12-15H2,1-2H3,(H,26,32)(H,27,31)/t19-,21-/m1/s1. The largest absolute Gasteiger partial charge is 0.352 e. The van der Waals surface area contributed by atoms with Crippen molar-refractivity contribution in [2.45, 2.75) is 58.5 Å². The van der Waals surface area contributed by atoms with Gasteiger partial charge in [-0.15, -0.1) is 0 Å². The zero-order valence-corrected chi connectivity index (χ0v) is 19.6. The number of nitrogens with one attached hydrogen (secondary N) is 2. The van der Waals surface area contributed by atoms with Crippen LogP contribution in [0.3, 0.4) is 0 Å². The first-order chi connectivity index (χ1) is 15.4. The monoisotopic (exact) mass is 457 g/mol. The second-order valence-electron chi connectivity index (χ2n) is 8.98. The Bertz CT molecular complexity index is 970. The van der Waals surface area contributed by atoms with Crippen LogP contribution in [0, 0.1) is 19.8 Å². The van der Waals surface area contributed by atoms with E-state index in [2.05, 4.69) is 20.6 Å². The summed E-state index contributed by atoms with van der Waals surface area (Å²) in [5, 5.41) is 10.8. The van der Waals surface area contributed by atoms with Gasteiger partial charge in [0.05, 0.1) is 16.4 Å². The summed E-state index contributed by atoms with van der Waals surface area (Å²) < 4.78 is 1.59. The summed E-state index contributed by atoms with van der Waals surface area (Å²) in [5.74, 6) is 0.279. The summed E-state index contributed by atoms with van der Waals surface area (Å²) in [5.41, 5.74) is 2.71. The number of carbonyl (C=O) groups is 2. The molecule has 1 aromatic heterocycles. The van der Waals surface area contributed by atoms with Gasteiger partial charge in [0.2, 0.25) is 5.91 Å². The van der Waals surface area contributed by atoms with Gasteiger partial charge in [0.1, 0.15) is 6.54 Å². The molecular formula is C24H32ClN5O2. The molecule has 7 nitrogen and oxygen atoms in total. The van der Waals surface area contributed by atoms with Crippen molar-refractivity contribution >= 4 is 29.1 Å². The van der Waals surface area contributed by atoms with Gasteiger partial charge in [0.25, 0.3) is 5.91 Å². The lowest BCUT2D eigenvalue weighted by Crippen LogP contribution is -2.51. The van der Waals surface area contributed by atoms with Crippen molar-refractivity contribution in [3.05, 3.63) is 46.2 Å². The van der Waals surface area contributed by atoms with Crippen LogP contribution in [0.4, 0.5) is 5.69 Å². The van der Waals surface area contributed by atoms with Crippen LogP contribution >= 0.6 is 11.6 Å². The minimum Gasteiger partial charge on any atom is -0.352 e. The maximum absolute atomic E-state index is 12.7. The van der Waals surface area contributed by atoms with E-state index in [0.29, 0.717) is 33.9 Å². The molecule has 0 unspecified atom stereocenters. The first-order valence-corrected chi connectivity index (χ1v) is 11.9. The number of nitrogens with zero attached hydrogens (tertiary/aromatic N) is 3. The molecule has 0 aliphatic carbocycles. The maximum Gasteiger partial charge on any atom is 0.251 e. The number of anilines is 1. The van der Waals surface area contributed by atoms with Gasteiger partial charge in [0.15, 0.2) is 0 Å². The molecule has 0 radical (unpaired) electrons. The fraction of sp³-hybridized carbons (Fsp3) is 0.542. The van der Waals surface area contributed by atoms with Crippen LogP contribution in [0.2, 0.25) is 5.02 Å². The van der Waals surface area contributed by atoms with Gasteiger partial charge in [-0.2, -0.15) is 5.10 Å². The Morgan fingerprint density at radius 1 is 1.09 bits per heavy atom. The lowest BCUT2D eigenvalue weighted by atomic mass is 9.83. The van der Waals surface area contributed by atoms with Gasteiger partial charge in [-0.1, -0.05) is 18.0 Å². The minimum atomic E-state index is -0.196. The van der Waals surface area contributed by atoms with Crippen LogP contribution < -0.4 is 10.6 Å². The van der Waals surface area contributed by atoms with Gasteiger partial charge < -0.3 is 15.5 Å². The summed E-state index contributed by atoms with van der Waals surface area (Å²) in [4.78, 5) is 27.6. The first-order valence-electron chi connectivity index (χ1n) is 11.5. The van der Waals surface area contributed by atoms with Crippen LogP contribution in [-0.4, -0.2) is 52.2 Å². The van der Waals surface area contributed by atoms with E-state index in [1.54, 1.807) is 28.9 Å². The van der Waals surface area contributed by atoms with E-state index in [-0.39, 0.29) is 18.4 Å². The summed E-state index contributed by atoms with van der Waals surface area (Å²) >= 11 is 6.14. The molecule has 0 spiro atoms. The third-order valence-corrected chi connectivity index (χ3v) is 7.32. The molecule has 32 heavy (non-hydrogen) atoms. The quantitative estimate of drug-likeness (QED) is 0.691. The molecule has 2 N–H and O–H groups in total.